The molecule has 0 bridgehead atoms. The van der Waals surface area contributed by atoms with E-state index in [4.69, 9.17) is 5.73 Å². The first kappa shape index (κ1) is 10.2. The van der Waals surface area contributed by atoms with Gasteiger partial charge in [-0.2, -0.15) is 11.3 Å². The van der Waals surface area contributed by atoms with Crippen LogP contribution in [0.3, 0.4) is 0 Å². The lowest BCUT2D eigenvalue weighted by atomic mass is 10.0. The largest absolute Gasteiger partial charge is 0.368 e. The number of nitrogen functional groups attached to an aromatic ring is 1. The number of nitrogens with two attached hydrogens (primary N) is 1. The van der Waals surface area contributed by atoms with Crippen LogP contribution >= 0.6 is 11.3 Å². The zero-order valence-electron chi connectivity index (χ0n) is 9.34. The Labute approximate surface area is 103 Å². The molecule has 0 aliphatic heterocycles. The Hall–Kier alpha value is -1.94. The summed E-state index contributed by atoms with van der Waals surface area (Å²) in [6, 6.07) is 6.16. The number of hydrogen-bond acceptors (Lipinski definition) is 4. The van der Waals surface area contributed by atoms with E-state index in [1.54, 1.807) is 17.5 Å². The number of nitrogens with zero attached hydrogens (tertiary/aromatic N) is 2. The molecule has 2 heterocycles. The third-order valence-corrected chi connectivity index (χ3v) is 3.63. The van der Waals surface area contributed by atoms with Gasteiger partial charge in [-0.3, -0.25) is 0 Å². The summed E-state index contributed by atoms with van der Waals surface area (Å²) in [4.78, 5) is 8.21. The topological polar surface area (TPSA) is 51.8 Å². The van der Waals surface area contributed by atoms with E-state index in [-0.39, 0.29) is 0 Å². The number of rotatable bonds is 1. The summed E-state index contributed by atoms with van der Waals surface area (Å²) in [6.07, 6.45) is 1.77. The van der Waals surface area contributed by atoms with Gasteiger partial charge < -0.3 is 5.73 Å². The van der Waals surface area contributed by atoms with Crippen molar-refractivity contribution in [2.75, 3.05) is 5.73 Å². The van der Waals surface area contributed by atoms with E-state index in [1.807, 2.05) is 6.07 Å². The number of benzene rings is 1. The molecule has 0 saturated heterocycles. The van der Waals surface area contributed by atoms with Crippen molar-refractivity contribution in [1.29, 1.82) is 0 Å². The summed E-state index contributed by atoms with van der Waals surface area (Å²) < 4.78 is 0. The molecule has 3 nitrogen and oxygen atoms in total. The lowest BCUT2D eigenvalue weighted by Gasteiger charge is -2.03. The Kier molecular flexibility index (Phi) is 2.30. The minimum Gasteiger partial charge on any atom is -0.368 e. The van der Waals surface area contributed by atoms with Crippen molar-refractivity contribution in [3.8, 4) is 11.1 Å². The summed E-state index contributed by atoms with van der Waals surface area (Å²) >= 11 is 1.72. The van der Waals surface area contributed by atoms with Crippen LogP contribution in [-0.2, 0) is 0 Å². The van der Waals surface area contributed by atoms with Gasteiger partial charge >= 0.3 is 0 Å². The molecular weight excluding hydrogens is 230 g/mol. The molecule has 0 fully saturated rings. The molecule has 3 aromatic rings. The van der Waals surface area contributed by atoms with E-state index in [1.165, 1.54) is 16.7 Å². The van der Waals surface area contributed by atoms with Gasteiger partial charge in [0.1, 0.15) is 0 Å². The van der Waals surface area contributed by atoms with Gasteiger partial charge in [-0.25, -0.2) is 9.97 Å². The summed E-state index contributed by atoms with van der Waals surface area (Å²) in [5, 5.41) is 5.33. The van der Waals surface area contributed by atoms with Gasteiger partial charge in [0.15, 0.2) is 0 Å². The summed E-state index contributed by atoms with van der Waals surface area (Å²) in [6.45, 7) is 2.12. The number of aryl methyl sites for hydroxylation is 1. The molecule has 0 saturated carbocycles. The van der Waals surface area contributed by atoms with Crippen molar-refractivity contribution >= 4 is 28.2 Å². The van der Waals surface area contributed by atoms with Gasteiger partial charge in [0.2, 0.25) is 5.95 Å². The van der Waals surface area contributed by atoms with Crippen LogP contribution in [0.4, 0.5) is 5.95 Å². The summed E-state index contributed by atoms with van der Waals surface area (Å²) in [7, 11) is 0. The van der Waals surface area contributed by atoms with Crippen molar-refractivity contribution in [1.82, 2.24) is 9.97 Å². The van der Waals surface area contributed by atoms with Crippen LogP contribution in [0.5, 0.6) is 0 Å². The standard InChI is InChI=1S/C13H11N3S/c1-8-6-17-7-11(8)9-2-3-12-10(4-9)5-15-13(14)16-12/h2-7H,1H3,(H2,14,15,16). The van der Waals surface area contributed by atoms with Crippen molar-refractivity contribution in [3.63, 3.8) is 0 Å². The fourth-order valence-corrected chi connectivity index (χ4v) is 2.73. The molecule has 2 aromatic heterocycles. The summed E-state index contributed by atoms with van der Waals surface area (Å²) in [5.74, 6) is 0.317. The van der Waals surface area contributed by atoms with Gasteiger partial charge in [0.05, 0.1) is 5.52 Å². The van der Waals surface area contributed by atoms with Gasteiger partial charge in [-0.1, -0.05) is 6.07 Å². The maximum absolute atomic E-state index is 5.56. The molecule has 84 valence electrons. The zero-order valence-corrected chi connectivity index (χ0v) is 10.2. The predicted octanol–water partition coefficient (Wildman–Crippen LogP) is 3.25. The Morgan fingerprint density at radius 3 is 2.88 bits per heavy atom. The van der Waals surface area contributed by atoms with E-state index in [0.717, 1.165) is 10.9 Å². The molecular formula is C13H11N3S. The van der Waals surface area contributed by atoms with Gasteiger partial charge in [0, 0.05) is 11.6 Å². The third-order valence-electron chi connectivity index (χ3n) is 2.76. The van der Waals surface area contributed by atoms with Gasteiger partial charge in [-0.05, 0) is 46.5 Å². The molecule has 0 radical (unpaired) electrons. The first-order valence-electron chi connectivity index (χ1n) is 5.29. The highest BCUT2D eigenvalue weighted by Gasteiger charge is 2.04. The highest BCUT2D eigenvalue weighted by molar-refractivity contribution is 7.08. The van der Waals surface area contributed by atoms with Gasteiger partial charge in [0.25, 0.3) is 0 Å². The van der Waals surface area contributed by atoms with E-state index in [0.29, 0.717) is 5.95 Å². The molecule has 0 atom stereocenters. The van der Waals surface area contributed by atoms with E-state index in [9.17, 15) is 0 Å². The summed E-state index contributed by atoms with van der Waals surface area (Å²) in [5.41, 5.74) is 10.2. The molecule has 0 aliphatic carbocycles. The smallest absolute Gasteiger partial charge is 0.220 e. The van der Waals surface area contributed by atoms with Crippen LogP contribution in [0.2, 0.25) is 0 Å². The predicted molar refractivity (Wildman–Crippen MR) is 72.0 cm³/mol. The quantitative estimate of drug-likeness (QED) is 0.711. The van der Waals surface area contributed by atoms with Crippen LogP contribution in [0.15, 0.2) is 35.2 Å². The maximum atomic E-state index is 5.56. The number of fused-ring (bicyclic) bond motifs is 1. The molecule has 17 heavy (non-hydrogen) atoms. The van der Waals surface area contributed by atoms with Crippen LogP contribution in [0, 0.1) is 6.92 Å². The van der Waals surface area contributed by atoms with Gasteiger partial charge in [-0.15, -0.1) is 0 Å². The second-order valence-corrected chi connectivity index (χ2v) is 4.71. The van der Waals surface area contributed by atoms with Crippen molar-refractivity contribution in [3.05, 3.63) is 40.7 Å². The Bertz CT molecular complexity index is 688. The second kappa shape index (κ2) is 3.82. The Morgan fingerprint density at radius 1 is 1.24 bits per heavy atom. The fraction of sp³-hybridized carbons (Fsp3) is 0.0769. The molecule has 0 amide bonds. The number of anilines is 1. The second-order valence-electron chi connectivity index (χ2n) is 3.97. The highest BCUT2D eigenvalue weighted by Crippen LogP contribution is 2.28. The lowest BCUT2D eigenvalue weighted by Crippen LogP contribution is -1.93. The van der Waals surface area contributed by atoms with E-state index >= 15 is 0 Å². The van der Waals surface area contributed by atoms with Crippen LogP contribution in [0.1, 0.15) is 5.56 Å². The average molecular weight is 241 g/mol. The number of hydrogen-bond donors (Lipinski definition) is 1. The molecule has 0 aliphatic rings. The van der Waals surface area contributed by atoms with Crippen molar-refractivity contribution in [2.45, 2.75) is 6.92 Å². The van der Waals surface area contributed by atoms with Crippen molar-refractivity contribution < 1.29 is 0 Å². The molecule has 0 unspecified atom stereocenters. The lowest BCUT2D eigenvalue weighted by molar-refractivity contribution is 1.24. The first-order chi connectivity index (χ1) is 8.24. The normalized spacial score (nSPS) is 10.9. The number of thiophene rings is 1. The van der Waals surface area contributed by atoms with Crippen LogP contribution < -0.4 is 5.73 Å². The Balaban J connectivity index is 2.20. The average Bonchev–Trinajstić information content (AvgIpc) is 2.75. The molecule has 1 aromatic carbocycles. The highest BCUT2D eigenvalue weighted by atomic mass is 32.1. The monoisotopic (exact) mass is 241 g/mol. The van der Waals surface area contributed by atoms with Crippen molar-refractivity contribution in [2.24, 2.45) is 0 Å². The minimum atomic E-state index is 0.317. The molecule has 4 heteroatoms. The van der Waals surface area contributed by atoms with E-state index < -0.39 is 0 Å². The minimum absolute atomic E-state index is 0.317. The zero-order chi connectivity index (χ0) is 11.8. The molecule has 2 N–H and O–H groups in total. The maximum Gasteiger partial charge on any atom is 0.220 e. The third kappa shape index (κ3) is 1.76. The number of aromatic nitrogens is 2. The van der Waals surface area contributed by atoms with Crippen LogP contribution in [-0.4, -0.2) is 9.97 Å². The Morgan fingerprint density at radius 2 is 2.12 bits per heavy atom. The van der Waals surface area contributed by atoms with Crippen LogP contribution in [0.25, 0.3) is 22.0 Å². The van der Waals surface area contributed by atoms with E-state index in [2.05, 4.69) is 39.8 Å². The SMILES string of the molecule is Cc1cscc1-c1ccc2nc(N)ncc2c1. The first-order valence-corrected chi connectivity index (χ1v) is 6.24. The molecule has 3 rings (SSSR count). The molecule has 0 spiro atoms. The fourth-order valence-electron chi connectivity index (χ4n) is 1.87.